The smallest absolute Gasteiger partial charge is 0.263 e. The van der Waals surface area contributed by atoms with Gasteiger partial charge in [0.1, 0.15) is 0 Å². The molecule has 0 radical (unpaired) electrons. The van der Waals surface area contributed by atoms with E-state index in [1.807, 2.05) is 0 Å². The van der Waals surface area contributed by atoms with Crippen molar-refractivity contribution in [2.45, 2.75) is 38.7 Å². The van der Waals surface area contributed by atoms with Gasteiger partial charge >= 0.3 is 0 Å². The van der Waals surface area contributed by atoms with Gasteiger partial charge in [-0.05, 0) is 42.6 Å². The van der Waals surface area contributed by atoms with E-state index in [1.54, 1.807) is 12.1 Å². The lowest BCUT2D eigenvalue weighted by Gasteiger charge is -2.15. The zero-order valence-electron chi connectivity index (χ0n) is 10.5. The highest BCUT2D eigenvalue weighted by Gasteiger charge is 2.53. The van der Waals surface area contributed by atoms with E-state index in [0.717, 1.165) is 24.6 Å². The van der Waals surface area contributed by atoms with E-state index in [0.29, 0.717) is 5.41 Å². The molecule has 0 saturated heterocycles. The Morgan fingerprint density at radius 3 is 2.33 bits per heavy atom. The van der Waals surface area contributed by atoms with Crippen molar-refractivity contribution in [1.82, 2.24) is 5.32 Å². The van der Waals surface area contributed by atoms with Crippen molar-refractivity contribution in [3.8, 4) is 0 Å². The second-order valence-electron chi connectivity index (χ2n) is 5.78. The molecule has 3 rings (SSSR count). The highest BCUT2D eigenvalue weighted by Crippen LogP contribution is 2.60. The van der Waals surface area contributed by atoms with Gasteiger partial charge in [0.05, 0.1) is 0 Å². The van der Waals surface area contributed by atoms with Crippen molar-refractivity contribution in [1.29, 1.82) is 0 Å². The molecule has 0 bridgehead atoms. The number of hydrogen-bond donors (Lipinski definition) is 1. The fraction of sp³-hybridized carbons (Fsp3) is 0.600. The Bertz CT molecular complexity index is 405. The van der Waals surface area contributed by atoms with Crippen LogP contribution in [0.25, 0.3) is 0 Å². The molecule has 1 N–H and O–H groups in total. The molecule has 0 amide bonds. The van der Waals surface area contributed by atoms with Gasteiger partial charge in [-0.2, -0.15) is 0 Å². The number of halogens is 2. The maximum absolute atomic E-state index is 12.4. The van der Waals surface area contributed by atoms with Gasteiger partial charge in [-0.25, -0.2) is 8.78 Å². The van der Waals surface area contributed by atoms with E-state index in [2.05, 4.69) is 5.32 Å². The van der Waals surface area contributed by atoms with Crippen LogP contribution >= 0.6 is 0 Å². The van der Waals surface area contributed by atoms with Crippen LogP contribution in [0.2, 0.25) is 0 Å². The lowest BCUT2D eigenvalue weighted by Crippen LogP contribution is -2.24. The van der Waals surface area contributed by atoms with E-state index in [-0.39, 0.29) is 5.56 Å². The molecule has 0 heterocycles. The second kappa shape index (κ2) is 4.61. The van der Waals surface area contributed by atoms with E-state index in [1.165, 1.54) is 37.8 Å². The maximum atomic E-state index is 12.4. The predicted molar refractivity (Wildman–Crippen MR) is 67.5 cm³/mol. The van der Waals surface area contributed by atoms with Crippen molar-refractivity contribution in [3.63, 3.8) is 0 Å². The Morgan fingerprint density at radius 1 is 1.17 bits per heavy atom. The topological polar surface area (TPSA) is 12.0 Å². The summed E-state index contributed by atoms with van der Waals surface area (Å²) in [6, 6.07) is 6.64. The molecule has 2 saturated carbocycles. The summed E-state index contributed by atoms with van der Waals surface area (Å²) in [5.74, 6) is 0.964. The van der Waals surface area contributed by atoms with Crippen molar-refractivity contribution in [2.75, 3.05) is 6.54 Å². The van der Waals surface area contributed by atoms with Crippen molar-refractivity contribution in [2.24, 2.45) is 11.3 Å². The first-order valence-corrected chi connectivity index (χ1v) is 6.77. The molecule has 0 aliphatic heterocycles. The molecule has 0 unspecified atom stereocenters. The average molecular weight is 251 g/mol. The first-order chi connectivity index (χ1) is 8.70. The lowest BCUT2D eigenvalue weighted by atomic mass is 10.0. The third-order valence-electron chi connectivity index (χ3n) is 4.37. The monoisotopic (exact) mass is 251 g/mol. The van der Waals surface area contributed by atoms with Crippen LogP contribution in [-0.4, -0.2) is 6.54 Å². The summed E-state index contributed by atoms with van der Waals surface area (Å²) >= 11 is 0. The number of benzene rings is 1. The van der Waals surface area contributed by atoms with Crippen LogP contribution in [0, 0.1) is 11.3 Å². The van der Waals surface area contributed by atoms with Crippen molar-refractivity contribution < 1.29 is 8.78 Å². The summed E-state index contributed by atoms with van der Waals surface area (Å²) in [6.45, 7) is 1.88. The molecule has 18 heavy (non-hydrogen) atoms. The minimum Gasteiger partial charge on any atom is -0.312 e. The Morgan fingerprint density at radius 2 is 1.83 bits per heavy atom. The van der Waals surface area contributed by atoms with E-state index < -0.39 is 6.43 Å². The van der Waals surface area contributed by atoms with Crippen LogP contribution in [0.3, 0.4) is 0 Å². The number of hydrogen-bond acceptors (Lipinski definition) is 1. The zero-order chi connectivity index (χ0) is 12.6. The molecular weight excluding hydrogens is 232 g/mol. The van der Waals surface area contributed by atoms with Crippen LogP contribution in [0.4, 0.5) is 8.78 Å². The Labute approximate surface area is 107 Å². The van der Waals surface area contributed by atoms with Crippen molar-refractivity contribution >= 4 is 0 Å². The zero-order valence-corrected chi connectivity index (χ0v) is 10.5. The molecule has 2 fully saturated rings. The third-order valence-corrected chi connectivity index (χ3v) is 4.37. The Balaban J connectivity index is 1.48. The summed E-state index contributed by atoms with van der Waals surface area (Å²) in [6.07, 6.45) is 3.19. The predicted octanol–water partition coefficient (Wildman–Crippen LogP) is 3.90. The quantitative estimate of drug-likeness (QED) is 0.808. The highest BCUT2D eigenvalue weighted by atomic mass is 19.3. The van der Waals surface area contributed by atoms with Gasteiger partial charge in [0.2, 0.25) is 0 Å². The van der Waals surface area contributed by atoms with Crippen LogP contribution in [0.5, 0.6) is 0 Å². The molecule has 1 aromatic rings. The van der Waals surface area contributed by atoms with Gasteiger partial charge in [-0.1, -0.05) is 24.3 Å². The standard InChI is InChI=1S/C15H19F2N/c16-14(17)12-3-1-11(2-4-12)9-18-10-15(7-8-15)13-5-6-13/h1-4,13-14,18H,5-10H2. The van der Waals surface area contributed by atoms with E-state index in [4.69, 9.17) is 0 Å². The lowest BCUT2D eigenvalue weighted by molar-refractivity contribution is 0.151. The molecule has 2 aliphatic carbocycles. The molecule has 98 valence electrons. The summed E-state index contributed by atoms with van der Waals surface area (Å²) < 4.78 is 24.8. The summed E-state index contributed by atoms with van der Waals surface area (Å²) in [7, 11) is 0. The van der Waals surface area contributed by atoms with Crippen LogP contribution in [0.15, 0.2) is 24.3 Å². The Kier molecular flexibility index (Phi) is 3.10. The van der Waals surface area contributed by atoms with Gasteiger partial charge in [0.25, 0.3) is 6.43 Å². The SMILES string of the molecule is FC(F)c1ccc(CNCC2(C3CC3)CC2)cc1. The van der Waals surface area contributed by atoms with E-state index >= 15 is 0 Å². The van der Waals surface area contributed by atoms with Gasteiger partial charge in [0.15, 0.2) is 0 Å². The van der Waals surface area contributed by atoms with Crippen LogP contribution in [-0.2, 0) is 6.54 Å². The molecule has 1 nitrogen and oxygen atoms in total. The first-order valence-electron chi connectivity index (χ1n) is 6.77. The van der Waals surface area contributed by atoms with Gasteiger partial charge in [-0.15, -0.1) is 0 Å². The molecule has 3 heteroatoms. The number of rotatable bonds is 6. The molecule has 0 spiro atoms. The Hall–Kier alpha value is -0.960. The maximum Gasteiger partial charge on any atom is 0.263 e. The molecule has 1 aromatic carbocycles. The minimum atomic E-state index is -2.36. The fourth-order valence-corrected chi connectivity index (χ4v) is 2.82. The summed E-state index contributed by atoms with van der Waals surface area (Å²) in [5, 5.41) is 3.49. The van der Waals surface area contributed by atoms with E-state index in [9.17, 15) is 8.78 Å². The van der Waals surface area contributed by atoms with Gasteiger partial charge in [0, 0.05) is 18.7 Å². The first kappa shape index (κ1) is 12.1. The molecule has 0 aromatic heterocycles. The average Bonchev–Trinajstić information content (AvgIpc) is 3.23. The van der Waals surface area contributed by atoms with Gasteiger partial charge in [-0.3, -0.25) is 0 Å². The summed E-state index contributed by atoms with van der Waals surface area (Å²) in [4.78, 5) is 0. The largest absolute Gasteiger partial charge is 0.312 e. The number of nitrogens with one attached hydrogen (secondary N) is 1. The molecule has 2 aliphatic rings. The van der Waals surface area contributed by atoms with Crippen molar-refractivity contribution in [3.05, 3.63) is 35.4 Å². The number of alkyl halides is 2. The fourth-order valence-electron chi connectivity index (χ4n) is 2.82. The van der Waals surface area contributed by atoms with Gasteiger partial charge < -0.3 is 5.32 Å². The molecular formula is C15H19F2N. The minimum absolute atomic E-state index is 0.107. The second-order valence-corrected chi connectivity index (χ2v) is 5.78. The highest BCUT2D eigenvalue weighted by molar-refractivity contribution is 5.23. The molecule has 0 atom stereocenters. The third kappa shape index (κ3) is 2.56. The normalized spacial score (nSPS) is 21.3. The summed E-state index contributed by atoms with van der Waals surface area (Å²) in [5.41, 5.74) is 1.80. The van der Waals surface area contributed by atoms with Crippen LogP contribution in [0.1, 0.15) is 43.2 Å². The van der Waals surface area contributed by atoms with Crippen LogP contribution < -0.4 is 5.32 Å².